The van der Waals surface area contributed by atoms with Crippen LogP contribution in [0.2, 0.25) is 0 Å². The van der Waals surface area contributed by atoms with Gasteiger partial charge in [-0.05, 0) is 18.9 Å². The number of nitrogens with one attached hydrogen (secondary N) is 1. The Morgan fingerprint density at radius 2 is 2.32 bits per heavy atom. The number of pyridine rings is 1. The first kappa shape index (κ1) is 14.9. The number of nitrogens with zero attached hydrogens (tertiary/aromatic N) is 2. The zero-order valence-electron chi connectivity index (χ0n) is 10.9. The van der Waals surface area contributed by atoms with E-state index in [1.165, 1.54) is 12.3 Å². The smallest absolute Gasteiger partial charge is 0.311 e. The molecular formula is C12H17N3O4. The highest BCUT2D eigenvalue weighted by Gasteiger charge is 2.20. The van der Waals surface area contributed by atoms with E-state index >= 15 is 0 Å². The van der Waals surface area contributed by atoms with Gasteiger partial charge >= 0.3 is 11.7 Å². The summed E-state index contributed by atoms with van der Waals surface area (Å²) in [5.74, 6) is -0.823. The minimum atomic E-state index is -0.944. The summed E-state index contributed by atoms with van der Waals surface area (Å²) in [6.07, 6.45) is 2.81. The Bertz CT molecular complexity index is 476. The van der Waals surface area contributed by atoms with Gasteiger partial charge in [0, 0.05) is 18.3 Å². The molecule has 0 aliphatic heterocycles. The van der Waals surface area contributed by atoms with Crippen LogP contribution in [0, 0.1) is 17.0 Å². The second kappa shape index (κ2) is 6.67. The summed E-state index contributed by atoms with van der Waals surface area (Å²) in [6, 6.07) is 1.05. The van der Waals surface area contributed by atoms with Crippen molar-refractivity contribution in [3.05, 3.63) is 27.9 Å². The average molecular weight is 267 g/mol. The van der Waals surface area contributed by atoms with E-state index in [1.54, 1.807) is 6.92 Å². The van der Waals surface area contributed by atoms with Crippen molar-refractivity contribution in [2.24, 2.45) is 0 Å². The standard InChI is InChI=1S/C12H17N3O4/c1-3-4-9(6-11(16)17)14-12-10(15(18)19)5-8(2)7-13-12/h5,7,9H,3-4,6H2,1-2H3,(H,13,14)(H,16,17). The molecule has 2 N–H and O–H groups in total. The Morgan fingerprint density at radius 1 is 1.63 bits per heavy atom. The van der Waals surface area contributed by atoms with E-state index in [2.05, 4.69) is 10.3 Å². The molecule has 0 spiro atoms. The molecule has 1 aromatic rings. The van der Waals surface area contributed by atoms with Crippen molar-refractivity contribution in [2.75, 3.05) is 5.32 Å². The molecule has 0 aromatic carbocycles. The van der Waals surface area contributed by atoms with Gasteiger partial charge in [0.1, 0.15) is 0 Å². The van der Waals surface area contributed by atoms with E-state index in [4.69, 9.17) is 5.11 Å². The summed E-state index contributed by atoms with van der Waals surface area (Å²) in [5.41, 5.74) is 0.550. The first-order valence-corrected chi connectivity index (χ1v) is 6.03. The molecule has 1 heterocycles. The molecule has 0 saturated carbocycles. The predicted molar refractivity (Wildman–Crippen MR) is 70.2 cm³/mol. The maximum absolute atomic E-state index is 10.9. The van der Waals surface area contributed by atoms with Gasteiger partial charge in [-0.2, -0.15) is 0 Å². The molecule has 0 fully saturated rings. The number of aromatic nitrogens is 1. The van der Waals surface area contributed by atoms with E-state index in [0.717, 1.165) is 6.42 Å². The second-order valence-electron chi connectivity index (χ2n) is 4.37. The van der Waals surface area contributed by atoms with Gasteiger partial charge in [-0.3, -0.25) is 14.9 Å². The summed E-state index contributed by atoms with van der Waals surface area (Å²) in [5, 5.41) is 22.6. The van der Waals surface area contributed by atoms with Crippen molar-refractivity contribution in [1.82, 2.24) is 4.98 Å². The largest absolute Gasteiger partial charge is 0.481 e. The van der Waals surface area contributed by atoms with Gasteiger partial charge in [0.25, 0.3) is 0 Å². The molecule has 104 valence electrons. The number of aryl methyl sites for hydroxylation is 1. The molecule has 0 saturated heterocycles. The molecule has 7 heteroatoms. The number of carbonyl (C=O) groups is 1. The van der Waals surface area contributed by atoms with E-state index in [0.29, 0.717) is 12.0 Å². The Hall–Kier alpha value is -2.18. The third kappa shape index (κ3) is 4.53. The van der Waals surface area contributed by atoms with Crippen LogP contribution in [0.3, 0.4) is 0 Å². The van der Waals surface area contributed by atoms with Crippen LogP contribution in [0.25, 0.3) is 0 Å². The average Bonchev–Trinajstić information content (AvgIpc) is 2.30. The second-order valence-corrected chi connectivity index (χ2v) is 4.37. The molecule has 0 amide bonds. The summed E-state index contributed by atoms with van der Waals surface area (Å²) < 4.78 is 0. The van der Waals surface area contributed by atoms with Crippen LogP contribution in [0.4, 0.5) is 11.5 Å². The Morgan fingerprint density at radius 3 is 2.84 bits per heavy atom. The Kier molecular flexibility index (Phi) is 5.23. The van der Waals surface area contributed by atoms with Gasteiger partial charge in [-0.1, -0.05) is 13.3 Å². The van der Waals surface area contributed by atoms with Crippen molar-refractivity contribution in [3.8, 4) is 0 Å². The zero-order chi connectivity index (χ0) is 14.4. The fourth-order valence-corrected chi connectivity index (χ4v) is 1.78. The lowest BCUT2D eigenvalue weighted by Crippen LogP contribution is -2.24. The third-order valence-electron chi connectivity index (χ3n) is 2.60. The Labute approximate surface area is 110 Å². The molecule has 1 aromatic heterocycles. The fourth-order valence-electron chi connectivity index (χ4n) is 1.78. The van der Waals surface area contributed by atoms with E-state index in [9.17, 15) is 14.9 Å². The quantitative estimate of drug-likeness (QED) is 0.580. The van der Waals surface area contributed by atoms with E-state index in [-0.39, 0.29) is 24.0 Å². The molecule has 0 radical (unpaired) electrons. The number of hydrogen-bond acceptors (Lipinski definition) is 5. The van der Waals surface area contributed by atoms with Crippen LogP contribution in [0.5, 0.6) is 0 Å². The van der Waals surface area contributed by atoms with Crippen molar-refractivity contribution in [2.45, 2.75) is 39.2 Å². The van der Waals surface area contributed by atoms with Gasteiger partial charge in [-0.25, -0.2) is 4.98 Å². The third-order valence-corrected chi connectivity index (χ3v) is 2.60. The van der Waals surface area contributed by atoms with Crippen molar-refractivity contribution in [1.29, 1.82) is 0 Å². The summed E-state index contributed by atoms with van der Waals surface area (Å²) >= 11 is 0. The number of carboxylic acid groups (broad SMARTS) is 1. The highest BCUT2D eigenvalue weighted by Crippen LogP contribution is 2.24. The number of rotatable bonds is 7. The van der Waals surface area contributed by atoms with Gasteiger partial charge in [-0.15, -0.1) is 0 Å². The van der Waals surface area contributed by atoms with Crippen molar-refractivity contribution >= 4 is 17.5 Å². The normalized spacial score (nSPS) is 11.9. The monoisotopic (exact) mass is 267 g/mol. The molecule has 19 heavy (non-hydrogen) atoms. The first-order chi connectivity index (χ1) is 8.93. The molecule has 0 aliphatic carbocycles. The number of nitro groups is 1. The highest BCUT2D eigenvalue weighted by molar-refractivity contribution is 5.68. The van der Waals surface area contributed by atoms with Gasteiger partial charge in [0.15, 0.2) is 0 Å². The van der Waals surface area contributed by atoms with E-state index in [1.807, 2.05) is 6.92 Å². The summed E-state index contributed by atoms with van der Waals surface area (Å²) in [7, 11) is 0. The van der Waals surface area contributed by atoms with Gasteiger partial charge in [0.2, 0.25) is 5.82 Å². The van der Waals surface area contributed by atoms with Crippen molar-refractivity contribution in [3.63, 3.8) is 0 Å². The predicted octanol–water partition coefficient (Wildman–Crippen LogP) is 2.35. The van der Waals surface area contributed by atoms with Crippen LogP contribution in [-0.4, -0.2) is 27.0 Å². The fraction of sp³-hybridized carbons (Fsp3) is 0.500. The lowest BCUT2D eigenvalue weighted by Gasteiger charge is -2.16. The molecule has 1 unspecified atom stereocenters. The molecule has 1 rings (SSSR count). The number of hydrogen-bond donors (Lipinski definition) is 2. The number of anilines is 1. The first-order valence-electron chi connectivity index (χ1n) is 6.03. The molecule has 1 atom stereocenters. The molecular weight excluding hydrogens is 250 g/mol. The van der Waals surface area contributed by atoms with Crippen LogP contribution < -0.4 is 5.32 Å². The Balaban J connectivity index is 2.95. The van der Waals surface area contributed by atoms with Crippen LogP contribution >= 0.6 is 0 Å². The van der Waals surface area contributed by atoms with Crippen LogP contribution in [0.1, 0.15) is 31.7 Å². The highest BCUT2D eigenvalue weighted by atomic mass is 16.6. The summed E-state index contributed by atoms with van der Waals surface area (Å²) in [4.78, 5) is 25.2. The zero-order valence-corrected chi connectivity index (χ0v) is 10.9. The maximum atomic E-state index is 10.9. The molecule has 0 bridgehead atoms. The maximum Gasteiger partial charge on any atom is 0.311 e. The van der Waals surface area contributed by atoms with Gasteiger partial charge < -0.3 is 10.4 Å². The van der Waals surface area contributed by atoms with Crippen LogP contribution in [0.15, 0.2) is 12.3 Å². The SMILES string of the molecule is CCCC(CC(=O)O)Nc1ncc(C)cc1[N+](=O)[O-]. The lowest BCUT2D eigenvalue weighted by molar-refractivity contribution is -0.384. The van der Waals surface area contributed by atoms with Crippen molar-refractivity contribution < 1.29 is 14.8 Å². The topological polar surface area (TPSA) is 105 Å². The minimum Gasteiger partial charge on any atom is -0.481 e. The van der Waals surface area contributed by atoms with E-state index < -0.39 is 10.9 Å². The van der Waals surface area contributed by atoms with Crippen LogP contribution in [-0.2, 0) is 4.79 Å². The number of carboxylic acids is 1. The number of aliphatic carboxylic acids is 1. The molecule has 7 nitrogen and oxygen atoms in total. The molecule has 0 aliphatic rings. The summed E-state index contributed by atoms with van der Waals surface area (Å²) in [6.45, 7) is 3.64. The minimum absolute atomic E-state index is 0.0967. The lowest BCUT2D eigenvalue weighted by atomic mass is 10.1. The van der Waals surface area contributed by atoms with Gasteiger partial charge in [0.05, 0.1) is 11.3 Å².